The van der Waals surface area contributed by atoms with Crippen molar-refractivity contribution in [1.29, 1.82) is 5.41 Å². The number of amidine groups is 1. The van der Waals surface area contributed by atoms with Crippen molar-refractivity contribution in [3.8, 4) is 0 Å². The third kappa shape index (κ3) is 1.59. The van der Waals surface area contributed by atoms with Gasteiger partial charge in [0, 0.05) is 14.1 Å². The minimum Gasteiger partial charge on any atom is -0.475 e. The Labute approximate surface area is 47.2 Å². The lowest BCUT2D eigenvalue weighted by atomic mass is 10.5. The number of carboxylic acid groups (broad SMARTS) is 1. The fraction of sp³-hybridized carbons (Fsp3) is 0.500. The number of carboxylic acids is 1. The molecule has 0 saturated carbocycles. The van der Waals surface area contributed by atoms with Crippen LogP contribution in [0.5, 0.6) is 0 Å². The summed E-state index contributed by atoms with van der Waals surface area (Å²) in [6.07, 6.45) is 0. The van der Waals surface area contributed by atoms with E-state index in [2.05, 4.69) is 0 Å². The van der Waals surface area contributed by atoms with Crippen molar-refractivity contribution in [2.24, 2.45) is 0 Å². The maximum atomic E-state index is 9.87. The van der Waals surface area contributed by atoms with Crippen LogP contribution in [0.3, 0.4) is 0 Å². The molecule has 0 aromatic rings. The number of carbonyl (C=O) groups is 1. The Kier molecular flexibility index (Phi) is 1.99. The third-order valence-electron chi connectivity index (χ3n) is 0.650. The maximum Gasteiger partial charge on any atom is 0.371 e. The van der Waals surface area contributed by atoms with Gasteiger partial charge in [0.25, 0.3) is 0 Å². The molecule has 0 rings (SSSR count). The van der Waals surface area contributed by atoms with E-state index in [1.807, 2.05) is 0 Å². The summed E-state index contributed by atoms with van der Waals surface area (Å²) in [6.45, 7) is 0. The number of rotatable bonds is 0. The molecule has 0 fully saturated rings. The summed E-state index contributed by atoms with van der Waals surface area (Å²) >= 11 is 0. The lowest BCUT2D eigenvalue weighted by molar-refractivity contribution is -0.130. The molecule has 2 N–H and O–H groups in total. The summed E-state index contributed by atoms with van der Waals surface area (Å²) in [5, 5.41) is 14.8. The van der Waals surface area contributed by atoms with E-state index in [4.69, 9.17) is 10.5 Å². The summed E-state index contributed by atoms with van der Waals surface area (Å²) < 4.78 is 0. The van der Waals surface area contributed by atoms with Gasteiger partial charge in [0.15, 0.2) is 0 Å². The van der Waals surface area contributed by atoms with E-state index >= 15 is 0 Å². The Hall–Kier alpha value is -1.06. The Bertz CT molecular complexity index is 119. The number of aliphatic carboxylic acids is 1. The molecule has 46 valence electrons. The van der Waals surface area contributed by atoms with Gasteiger partial charge in [-0.25, -0.2) is 4.79 Å². The number of hydrogen-bond acceptors (Lipinski definition) is 2. The fourth-order valence-corrected chi connectivity index (χ4v) is 0.191. The van der Waals surface area contributed by atoms with Crippen molar-refractivity contribution >= 4 is 11.8 Å². The summed E-state index contributed by atoms with van der Waals surface area (Å²) in [5.74, 6) is -1.60. The molecule has 8 heavy (non-hydrogen) atoms. The summed E-state index contributed by atoms with van der Waals surface area (Å²) in [6, 6.07) is 0. The Morgan fingerprint density at radius 2 is 2.00 bits per heavy atom. The summed E-state index contributed by atoms with van der Waals surface area (Å²) in [5.41, 5.74) is 0. The molecular formula is C4H8N2O2. The van der Waals surface area contributed by atoms with Gasteiger partial charge in [-0.1, -0.05) is 0 Å². The van der Waals surface area contributed by atoms with Crippen molar-refractivity contribution in [2.45, 2.75) is 0 Å². The SMILES string of the molecule is CN(C)C(=N)C(=O)O. The molecule has 0 spiro atoms. The first kappa shape index (κ1) is 6.94. The van der Waals surface area contributed by atoms with Crippen LogP contribution in [0.25, 0.3) is 0 Å². The monoisotopic (exact) mass is 116 g/mol. The molecule has 0 aliphatic carbocycles. The minimum absolute atomic E-state index is 0.398. The van der Waals surface area contributed by atoms with Crippen molar-refractivity contribution in [3.63, 3.8) is 0 Å². The zero-order chi connectivity index (χ0) is 6.73. The average Bonchev–Trinajstić information content (AvgIpc) is 1.64. The molecule has 0 bridgehead atoms. The van der Waals surface area contributed by atoms with Gasteiger partial charge in [-0.2, -0.15) is 0 Å². The summed E-state index contributed by atoms with van der Waals surface area (Å²) in [4.78, 5) is 11.1. The zero-order valence-electron chi connectivity index (χ0n) is 4.80. The number of likely N-dealkylation sites (N-methyl/N-ethyl adjacent to an activating group) is 1. The van der Waals surface area contributed by atoms with Crippen LogP contribution in [0.2, 0.25) is 0 Å². The zero-order valence-corrected chi connectivity index (χ0v) is 4.80. The Morgan fingerprint density at radius 3 is 2.00 bits per heavy atom. The van der Waals surface area contributed by atoms with Crippen LogP contribution in [0.15, 0.2) is 0 Å². The number of nitrogens with zero attached hydrogens (tertiary/aromatic N) is 1. The molecule has 0 atom stereocenters. The van der Waals surface area contributed by atoms with Gasteiger partial charge in [0.2, 0.25) is 5.84 Å². The predicted molar refractivity (Wildman–Crippen MR) is 29.0 cm³/mol. The largest absolute Gasteiger partial charge is 0.475 e. The second-order valence-corrected chi connectivity index (χ2v) is 1.55. The van der Waals surface area contributed by atoms with Crippen molar-refractivity contribution in [1.82, 2.24) is 4.90 Å². The quantitative estimate of drug-likeness (QED) is 0.334. The second kappa shape index (κ2) is 2.30. The van der Waals surface area contributed by atoms with E-state index in [0.717, 1.165) is 0 Å². The van der Waals surface area contributed by atoms with Crippen LogP contribution in [0, 0.1) is 5.41 Å². The molecule has 0 saturated heterocycles. The van der Waals surface area contributed by atoms with Crippen molar-refractivity contribution in [2.75, 3.05) is 14.1 Å². The lowest BCUT2D eigenvalue weighted by Gasteiger charge is -2.07. The Balaban J connectivity index is 3.84. The van der Waals surface area contributed by atoms with Gasteiger partial charge in [-0.3, -0.25) is 5.41 Å². The molecule has 0 heterocycles. The first-order valence-electron chi connectivity index (χ1n) is 2.05. The summed E-state index contributed by atoms with van der Waals surface area (Å²) in [7, 11) is 3.02. The van der Waals surface area contributed by atoms with Gasteiger partial charge < -0.3 is 10.0 Å². The molecule has 0 aromatic heterocycles. The molecule has 0 aliphatic heterocycles. The first-order valence-corrected chi connectivity index (χ1v) is 2.05. The highest BCUT2D eigenvalue weighted by molar-refractivity contribution is 6.32. The highest BCUT2D eigenvalue weighted by Gasteiger charge is 2.06. The molecule has 0 unspecified atom stereocenters. The van der Waals surface area contributed by atoms with Crippen LogP contribution in [-0.2, 0) is 4.79 Å². The molecular weight excluding hydrogens is 108 g/mol. The second-order valence-electron chi connectivity index (χ2n) is 1.55. The van der Waals surface area contributed by atoms with Crippen LogP contribution >= 0.6 is 0 Å². The van der Waals surface area contributed by atoms with Gasteiger partial charge in [0.05, 0.1) is 0 Å². The average molecular weight is 116 g/mol. The van der Waals surface area contributed by atoms with Crippen LogP contribution < -0.4 is 0 Å². The third-order valence-corrected chi connectivity index (χ3v) is 0.650. The molecule has 4 heteroatoms. The maximum absolute atomic E-state index is 9.87. The molecule has 0 aromatic carbocycles. The van der Waals surface area contributed by atoms with Crippen LogP contribution in [0.1, 0.15) is 0 Å². The van der Waals surface area contributed by atoms with Gasteiger partial charge in [0.1, 0.15) is 0 Å². The van der Waals surface area contributed by atoms with E-state index in [1.165, 1.54) is 19.0 Å². The van der Waals surface area contributed by atoms with Crippen molar-refractivity contribution in [3.05, 3.63) is 0 Å². The fourth-order valence-electron chi connectivity index (χ4n) is 0.191. The smallest absolute Gasteiger partial charge is 0.371 e. The Morgan fingerprint density at radius 1 is 1.62 bits per heavy atom. The number of hydrogen-bond donors (Lipinski definition) is 2. The van der Waals surface area contributed by atoms with Crippen LogP contribution in [0.4, 0.5) is 0 Å². The topological polar surface area (TPSA) is 64.4 Å². The highest BCUT2D eigenvalue weighted by atomic mass is 16.4. The molecule has 4 nitrogen and oxygen atoms in total. The first-order chi connectivity index (χ1) is 3.55. The van der Waals surface area contributed by atoms with Gasteiger partial charge in [-0.05, 0) is 0 Å². The predicted octanol–water partition coefficient (Wildman–Crippen LogP) is -0.390. The van der Waals surface area contributed by atoms with Gasteiger partial charge in [-0.15, -0.1) is 0 Å². The molecule has 0 radical (unpaired) electrons. The lowest BCUT2D eigenvalue weighted by Crippen LogP contribution is -2.28. The minimum atomic E-state index is -1.20. The van der Waals surface area contributed by atoms with Crippen LogP contribution in [-0.4, -0.2) is 35.9 Å². The van der Waals surface area contributed by atoms with E-state index < -0.39 is 11.8 Å². The van der Waals surface area contributed by atoms with E-state index in [1.54, 1.807) is 0 Å². The van der Waals surface area contributed by atoms with Crippen molar-refractivity contribution < 1.29 is 9.90 Å². The molecule has 0 aliphatic rings. The number of nitrogens with one attached hydrogen (secondary N) is 1. The normalized spacial score (nSPS) is 8.25. The molecule has 0 amide bonds. The standard InChI is InChI=1S/C4H8N2O2/c1-6(2)3(5)4(7)8/h5H,1-2H3,(H,7,8). The van der Waals surface area contributed by atoms with E-state index in [0.29, 0.717) is 0 Å². The van der Waals surface area contributed by atoms with E-state index in [9.17, 15) is 4.79 Å². The highest BCUT2D eigenvalue weighted by Crippen LogP contribution is 1.76. The van der Waals surface area contributed by atoms with E-state index in [-0.39, 0.29) is 0 Å². The van der Waals surface area contributed by atoms with Gasteiger partial charge >= 0.3 is 5.97 Å².